The zero-order valence-corrected chi connectivity index (χ0v) is 23.1. The fourth-order valence-electron chi connectivity index (χ4n) is 5.02. The molecule has 0 atom stereocenters. The lowest BCUT2D eigenvalue weighted by molar-refractivity contribution is -0.115. The second-order valence-electron chi connectivity index (χ2n) is 9.31. The smallest absolute Gasteiger partial charge is 0.267 e. The van der Waals surface area contributed by atoms with E-state index in [0.29, 0.717) is 16.6 Å². The molecule has 8 heteroatoms. The van der Waals surface area contributed by atoms with E-state index in [1.807, 2.05) is 84.9 Å². The highest BCUT2D eigenvalue weighted by Gasteiger charge is 2.24. The fraction of sp³-hybridized carbons (Fsp3) is 0.194. The first-order chi connectivity index (χ1) is 19.1. The van der Waals surface area contributed by atoms with Crippen LogP contribution in [0.15, 0.2) is 94.9 Å². The zero-order valence-electron chi connectivity index (χ0n) is 21.5. The minimum Gasteiger partial charge on any atom is -0.497 e. The summed E-state index contributed by atoms with van der Waals surface area (Å²) in [5.41, 5.74) is 3.34. The van der Waals surface area contributed by atoms with E-state index in [1.165, 1.54) is 16.6 Å². The predicted octanol–water partition coefficient (Wildman–Crippen LogP) is 6.79. The van der Waals surface area contributed by atoms with E-state index < -0.39 is 0 Å². The number of thiophene rings is 1. The van der Waals surface area contributed by atoms with E-state index in [1.54, 1.807) is 27.9 Å². The molecule has 0 fully saturated rings. The predicted molar refractivity (Wildman–Crippen MR) is 159 cm³/mol. The van der Waals surface area contributed by atoms with Gasteiger partial charge in [-0.2, -0.15) is 0 Å². The topological polar surface area (TPSA) is 64.4 Å². The Bertz CT molecular complexity index is 1640. The molecule has 0 saturated carbocycles. The van der Waals surface area contributed by atoms with Crippen molar-refractivity contribution in [3.8, 4) is 11.4 Å². The van der Waals surface area contributed by atoms with Gasteiger partial charge in [0.2, 0.25) is 5.91 Å². The third-order valence-electron chi connectivity index (χ3n) is 6.89. The van der Waals surface area contributed by atoms with Crippen molar-refractivity contribution in [3.05, 3.63) is 106 Å². The average molecular weight is 554 g/mol. The number of aromatic nitrogens is 2. The second kappa shape index (κ2) is 11.1. The standard InChI is InChI=1S/C31H27N3O3S2/c1-37-24-18-16-23(17-19-24)34-30(36)28-25-14-8-9-15-26(25)39-29(28)32-31(34)38-20-27(35)33(21-10-4-2-5-11-21)22-12-6-3-7-13-22/h2-7,10-13,16-19H,8-9,14-15,20H2,1H3. The molecule has 5 aromatic rings. The SMILES string of the molecule is COc1ccc(-n2c(SCC(=O)N(c3ccccc3)c3ccccc3)nc3sc4c(c3c2=O)CCCC4)cc1. The van der Waals surface area contributed by atoms with Crippen LogP contribution in [0.4, 0.5) is 11.4 Å². The molecular formula is C31H27N3O3S2. The summed E-state index contributed by atoms with van der Waals surface area (Å²) in [6, 6.07) is 26.6. The molecule has 6 nitrogen and oxygen atoms in total. The maximum Gasteiger partial charge on any atom is 0.267 e. The summed E-state index contributed by atoms with van der Waals surface area (Å²) in [5.74, 6) is 0.723. The highest BCUT2D eigenvalue weighted by molar-refractivity contribution is 7.99. The number of ether oxygens (including phenoxy) is 1. The molecule has 2 aromatic heterocycles. The number of hydrogen-bond acceptors (Lipinski definition) is 6. The lowest BCUT2D eigenvalue weighted by atomic mass is 9.97. The molecular weight excluding hydrogens is 526 g/mol. The number of fused-ring (bicyclic) bond motifs is 3. The summed E-state index contributed by atoms with van der Waals surface area (Å²) in [5, 5.41) is 1.22. The zero-order chi connectivity index (χ0) is 26.8. The van der Waals surface area contributed by atoms with E-state index in [9.17, 15) is 9.59 Å². The van der Waals surface area contributed by atoms with Crippen molar-refractivity contribution in [2.24, 2.45) is 0 Å². The van der Waals surface area contributed by atoms with E-state index >= 15 is 0 Å². The fourth-order valence-corrected chi connectivity index (χ4v) is 7.19. The molecule has 196 valence electrons. The number of thioether (sulfide) groups is 1. The Balaban J connectivity index is 1.41. The van der Waals surface area contributed by atoms with Gasteiger partial charge < -0.3 is 4.74 Å². The molecule has 0 aliphatic heterocycles. The molecule has 1 aliphatic rings. The first-order valence-corrected chi connectivity index (χ1v) is 14.7. The Kier molecular flexibility index (Phi) is 7.22. The van der Waals surface area contributed by atoms with Crippen LogP contribution < -0.4 is 15.2 Å². The molecule has 0 bridgehead atoms. The summed E-state index contributed by atoms with van der Waals surface area (Å²) >= 11 is 2.91. The van der Waals surface area contributed by atoms with Gasteiger partial charge in [0.1, 0.15) is 10.6 Å². The van der Waals surface area contributed by atoms with Crippen LogP contribution in [0.1, 0.15) is 23.3 Å². The summed E-state index contributed by atoms with van der Waals surface area (Å²) in [6.07, 6.45) is 4.11. The van der Waals surface area contributed by atoms with E-state index in [-0.39, 0.29) is 17.2 Å². The van der Waals surface area contributed by atoms with Crippen LogP contribution >= 0.6 is 23.1 Å². The largest absolute Gasteiger partial charge is 0.497 e. The van der Waals surface area contributed by atoms with Gasteiger partial charge in [-0.15, -0.1) is 11.3 Å². The van der Waals surface area contributed by atoms with Crippen LogP contribution in [0.25, 0.3) is 15.9 Å². The summed E-state index contributed by atoms with van der Waals surface area (Å²) in [4.78, 5) is 36.5. The van der Waals surface area contributed by atoms with Gasteiger partial charge in [0.25, 0.3) is 5.56 Å². The number of nitrogens with zero attached hydrogens (tertiary/aromatic N) is 3. The van der Waals surface area contributed by atoms with Crippen molar-refractivity contribution in [1.82, 2.24) is 9.55 Å². The lowest BCUT2D eigenvalue weighted by Crippen LogP contribution is -2.28. The molecule has 0 spiro atoms. The number of aryl methyl sites for hydroxylation is 2. The molecule has 1 amide bonds. The van der Waals surface area contributed by atoms with E-state index in [0.717, 1.165) is 52.8 Å². The van der Waals surface area contributed by atoms with Gasteiger partial charge >= 0.3 is 0 Å². The first kappa shape index (κ1) is 25.4. The van der Waals surface area contributed by atoms with Crippen LogP contribution in [0.3, 0.4) is 0 Å². The maximum absolute atomic E-state index is 14.0. The number of carbonyl (C=O) groups excluding carboxylic acids is 1. The van der Waals surface area contributed by atoms with Crippen molar-refractivity contribution in [3.63, 3.8) is 0 Å². The Morgan fingerprint density at radius 2 is 1.59 bits per heavy atom. The molecule has 6 rings (SSSR count). The highest BCUT2D eigenvalue weighted by atomic mass is 32.2. The van der Waals surface area contributed by atoms with Gasteiger partial charge in [-0.3, -0.25) is 19.1 Å². The third-order valence-corrected chi connectivity index (χ3v) is 9.00. The van der Waals surface area contributed by atoms with Crippen LogP contribution in [0.2, 0.25) is 0 Å². The minimum absolute atomic E-state index is 0.0810. The highest BCUT2D eigenvalue weighted by Crippen LogP contribution is 2.36. The van der Waals surface area contributed by atoms with Crippen molar-refractivity contribution in [2.75, 3.05) is 17.8 Å². The van der Waals surface area contributed by atoms with Gasteiger partial charge in [-0.1, -0.05) is 48.2 Å². The van der Waals surface area contributed by atoms with Crippen LogP contribution in [-0.4, -0.2) is 28.3 Å². The van der Waals surface area contributed by atoms with E-state index in [4.69, 9.17) is 9.72 Å². The van der Waals surface area contributed by atoms with Gasteiger partial charge in [0.15, 0.2) is 5.16 Å². The molecule has 2 heterocycles. The Labute approximate surface area is 234 Å². The minimum atomic E-state index is -0.0986. The van der Waals surface area contributed by atoms with Crippen molar-refractivity contribution < 1.29 is 9.53 Å². The first-order valence-electron chi connectivity index (χ1n) is 12.9. The van der Waals surface area contributed by atoms with Gasteiger partial charge in [-0.25, -0.2) is 4.98 Å². The molecule has 1 aliphatic carbocycles. The van der Waals surface area contributed by atoms with Crippen molar-refractivity contribution in [1.29, 1.82) is 0 Å². The van der Waals surface area contributed by atoms with E-state index in [2.05, 4.69) is 0 Å². The van der Waals surface area contributed by atoms with Crippen molar-refractivity contribution >= 4 is 50.6 Å². The summed E-state index contributed by atoms with van der Waals surface area (Å²) < 4.78 is 6.98. The second-order valence-corrected chi connectivity index (χ2v) is 11.3. The number of para-hydroxylation sites is 2. The van der Waals surface area contributed by atoms with Gasteiger partial charge in [0.05, 0.1) is 23.9 Å². The van der Waals surface area contributed by atoms with Crippen molar-refractivity contribution in [2.45, 2.75) is 30.8 Å². The molecule has 0 N–H and O–H groups in total. The number of amides is 1. The number of benzene rings is 3. The van der Waals surface area contributed by atoms with Crippen LogP contribution in [0, 0.1) is 0 Å². The number of methoxy groups -OCH3 is 1. The summed E-state index contributed by atoms with van der Waals surface area (Å²) in [7, 11) is 1.62. The number of hydrogen-bond donors (Lipinski definition) is 0. The number of rotatable bonds is 7. The van der Waals surface area contributed by atoms with Gasteiger partial charge in [-0.05, 0) is 79.8 Å². The van der Waals surface area contributed by atoms with Crippen LogP contribution in [0.5, 0.6) is 5.75 Å². The van der Waals surface area contributed by atoms with Gasteiger partial charge in [0, 0.05) is 16.3 Å². The molecule has 0 saturated heterocycles. The molecule has 39 heavy (non-hydrogen) atoms. The molecule has 0 unspecified atom stereocenters. The average Bonchev–Trinajstić information content (AvgIpc) is 3.36. The normalized spacial score (nSPS) is 12.7. The molecule has 0 radical (unpaired) electrons. The van der Waals surface area contributed by atoms with Crippen LogP contribution in [-0.2, 0) is 17.6 Å². The molecule has 3 aromatic carbocycles. The Morgan fingerprint density at radius 1 is 0.949 bits per heavy atom. The number of carbonyl (C=O) groups is 1. The monoisotopic (exact) mass is 553 g/mol. The third kappa shape index (κ3) is 4.97. The Hall–Kier alpha value is -3.88. The summed E-state index contributed by atoms with van der Waals surface area (Å²) in [6.45, 7) is 0. The quantitative estimate of drug-likeness (QED) is 0.164. The maximum atomic E-state index is 14.0. The lowest BCUT2D eigenvalue weighted by Gasteiger charge is -2.23. The Morgan fingerprint density at radius 3 is 2.23 bits per heavy atom. The number of anilines is 2.